The molecule has 7 heteroatoms. The van der Waals surface area contributed by atoms with Crippen LogP contribution in [-0.4, -0.2) is 47.8 Å². The van der Waals surface area contributed by atoms with E-state index in [9.17, 15) is 4.79 Å². The third-order valence-electron chi connectivity index (χ3n) is 5.21. The molecular weight excluding hydrogens is 366 g/mol. The summed E-state index contributed by atoms with van der Waals surface area (Å²) >= 11 is 6.05. The van der Waals surface area contributed by atoms with Crippen molar-refractivity contribution in [1.29, 1.82) is 0 Å². The van der Waals surface area contributed by atoms with E-state index >= 15 is 0 Å². The van der Waals surface area contributed by atoms with E-state index in [-0.39, 0.29) is 18.2 Å². The van der Waals surface area contributed by atoms with Crippen LogP contribution >= 0.6 is 11.6 Å². The van der Waals surface area contributed by atoms with E-state index in [1.807, 2.05) is 58.3 Å². The van der Waals surface area contributed by atoms with Gasteiger partial charge in [-0.25, -0.2) is 4.79 Å². The molecule has 0 unspecified atom stereocenters. The largest absolute Gasteiger partial charge is 0.442 e. The number of amides is 1. The Morgan fingerprint density at radius 3 is 2.89 bits per heavy atom. The van der Waals surface area contributed by atoms with Crippen LogP contribution in [0.3, 0.4) is 0 Å². The van der Waals surface area contributed by atoms with Gasteiger partial charge >= 0.3 is 6.09 Å². The number of hydrogen-bond donors (Lipinski definition) is 0. The highest BCUT2D eigenvalue weighted by Gasteiger charge is 2.48. The van der Waals surface area contributed by atoms with Gasteiger partial charge in [-0.15, -0.1) is 0 Å². The molecule has 6 nitrogen and oxygen atoms in total. The third-order valence-corrected chi connectivity index (χ3v) is 5.44. The lowest BCUT2D eigenvalue weighted by Crippen LogP contribution is -2.39. The molecule has 3 heterocycles. The minimum atomic E-state index is -0.246. The standard InChI is InChI=1S/C20H18ClN3O3/c21-14-5-3-4-13(10-14)8-9-24-16-11-23(12-18(16)27-20(24)25)19-22-15-6-1-2-7-17(15)26-19/h1-7,10,16,18H,8-9,11-12H2/t16-,18+/m1/s1. The lowest BCUT2D eigenvalue weighted by Gasteiger charge is -2.21. The highest BCUT2D eigenvalue weighted by Crippen LogP contribution is 2.31. The zero-order valence-electron chi connectivity index (χ0n) is 14.5. The molecule has 0 saturated carbocycles. The van der Waals surface area contributed by atoms with Gasteiger partial charge in [0, 0.05) is 18.1 Å². The summed E-state index contributed by atoms with van der Waals surface area (Å²) in [6.45, 7) is 1.84. The fraction of sp³-hybridized carbons (Fsp3) is 0.300. The van der Waals surface area contributed by atoms with Gasteiger partial charge in [0.2, 0.25) is 0 Å². The minimum Gasteiger partial charge on any atom is -0.442 e. The molecule has 2 fully saturated rings. The maximum atomic E-state index is 12.3. The first-order chi connectivity index (χ1) is 13.2. The summed E-state index contributed by atoms with van der Waals surface area (Å²) in [7, 11) is 0. The first kappa shape index (κ1) is 16.4. The highest BCUT2D eigenvalue weighted by molar-refractivity contribution is 6.30. The summed E-state index contributed by atoms with van der Waals surface area (Å²) in [6, 6.07) is 16.0. The number of fused-ring (bicyclic) bond motifs is 2. The first-order valence-corrected chi connectivity index (χ1v) is 9.37. The van der Waals surface area contributed by atoms with E-state index in [0.29, 0.717) is 30.7 Å². The van der Waals surface area contributed by atoms with Crippen molar-refractivity contribution >= 4 is 34.8 Å². The second-order valence-electron chi connectivity index (χ2n) is 6.93. The van der Waals surface area contributed by atoms with Crippen LogP contribution in [0.4, 0.5) is 10.8 Å². The Morgan fingerprint density at radius 2 is 2.04 bits per heavy atom. The summed E-state index contributed by atoms with van der Waals surface area (Å²) in [6.07, 6.45) is 0.331. The lowest BCUT2D eigenvalue weighted by atomic mass is 10.1. The molecule has 2 aromatic carbocycles. The second-order valence-corrected chi connectivity index (χ2v) is 7.37. The maximum Gasteiger partial charge on any atom is 0.410 e. The normalized spacial score (nSPS) is 21.7. The van der Waals surface area contributed by atoms with Crippen LogP contribution in [0.25, 0.3) is 11.1 Å². The van der Waals surface area contributed by atoms with Crippen LogP contribution in [0, 0.1) is 0 Å². The number of aromatic nitrogens is 1. The summed E-state index contributed by atoms with van der Waals surface area (Å²) < 4.78 is 11.4. The third kappa shape index (κ3) is 3.00. The number of rotatable bonds is 4. The molecule has 2 saturated heterocycles. The average Bonchev–Trinajstić information content (AvgIpc) is 3.32. The molecule has 2 aliphatic heterocycles. The molecule has 1 aromatic heterocycles. The average molecular weight is 384 g/mol. The number of hydrogen-bond acceptors (Lipinski definition) is 5. The predicted octanol–water partition coefficient (Wildman–Crippen LogP) is 3.73. The Bertz CT molecular complexity index is 972. The molecule has 0 N–H and O–H groups in total. The van der Waals surface area contributed by atoms with Crippen LogP contribution in [0.5, 0.6) is 0 Å². The van der Waals surface area contributed by atoms with Gasteiger partial charge in [0.1, 0.15) is 11.6 Å². The molecular formula is C20H18ClN3O3. The van der Waals surface area contributed by atoms with Gasteiger partial charge in [0.05, 0.1) is 12.6 Å². The fourth-order valence-corrected chi connectivity index (χ4v) is 4.07. The van der Waals surface area contributed by atoms with Crippen molar-refractivity contribution in [2.45, 2.75) is 18.6 Å². The lowest BCUT2D eigenvalue weighted by molar-refractivity contribution is 0.135. The van der Waals surface area contributed by atoms with Crippen LogP contribution in [0.15, 0.2) is 52.9 Å². The Balaban J connectivity index is 1.30. The van der Waals surface area contributed by atoms with Crippen molar-refractivity contribution in [3.05, 3.63) is 59.1 Å². The molecule has 0 spiro atoms. The number of nitrogens with zero attached hydrogens (tertiary/aromatic N) is 3. The van der Waals surface area contributed by atoms with E-state index in [1.165, 1.54) is 0 Å². The number of oxazole rings is 1. The van der Waals surface area contributed by atoms with Gasteiger partial charge in [-0.05, 0) is 36.2 Å². The summed E-state index contributed by atoms with van der Waals surface area (Å²) in [5, 5.41) is 0.706. The monoisotopic (exact) mass is 383 g/mol. The molecule has 2 atom stereocenters. The zero-order chi connectivity index (χ0) is 18.4. The van der Waals surface area contributed by atoms with Gasteiger partial charge in [-0.1, -0.05) is 35.9 Å². The number of halogens is 1. The van der Waals surface area contributed by atoms with Gasteiger partial charge in [-0.2, -0.15) is 4.98 Å². The van der Waals surface area contributed by atoms with Crippen molar-refractivity contribution in [2.75, 3.05) is 24.5 Å². The number of anilines is 1. The van der Waals surface area contributed by atoms with Crippen LogP contribution in [-0.2, 0) is 11.2 Å². The van der Waals surface area contributed by atoms with Gasteiger partial charge in [-0.3, -0.25) is 4.90 Å². The topological polar surface area (TPSA) is 58.8 Å². The van der Waals surface area contributed by atoms with Crippen molar-refractivity contribution in [1.82, 2.24) is 9.88 Å². The van der Waals surface area contributed by atoms with Crippen molar-refractivity contribution in [3.8, 4) is 0 Å². The molecule has 3 aromatic rings. The van der Waals surface area contributed by atoms with Crippen molar-refractivity contribution in [2.24, 2.45) is 0 Å². The van der Waals surface area contributed by atoms with E-state index in [0.717, 1.165) is 23.1 Å². The van der Waals surface area contributed by atoms with E-state index in [1.54, 1.807) is 0 Å². The molecule has 5 rings (SSSR count). The molecule has 27 heavy (non-hydrogen) atoms. The van der Waals surface area contributed by atoms with Crippen LogP contribution < -0.4 is 4.90 Å². The fourth-order valence-electron chi connectivity index (χ4n) is 3.86. The molecule has 138 valence electrons. The highest BCUT2D eigenvalue weighted by atomic mass is 35.5. The number of carbonyl (C=O) groups is 1. The molecule has 2 aliphatic rings. The van der Waals surface area contributed by atoms with Crippen molar-refractivity contribution < 1.29 is 13.9 Å². The number of carbonyl (C=O) groups excluding carboxylic acids is 1. The Hall–Kier alpha value is -2.73. The number of para-hydroxylation sites is 2. The summed E-state index contributed by atoms with van der Waals surface area (Å²) in [5.74, 6) is 0. The maximum absolute atomic E-state index is 12.3. The first-order valence-electron chi connectivity index (χ1n) is 8.99. The predicted molar refractivity (Wildman–Crippen MR) is 102 cm³/mol. The summed E-state index contributed by atoms with van der Waals surface area (Å²) in [4.78, 5) is 20.7. The Labute approximate surface area is 161 Å². The van der Waals surface area contributed by atoms with E-state index < -0.39 is 0 Å². The van der Waals surface area contributed by atoms with Gasteiger partial charge < -0.3 is 14.1 Å². The smallest absolute Gasteiger partial charge is 0.410 e. The molecule has 0 radical (unpaired) electrons. The Kier molecular flexibility index (Phi) is 3.93. The SMILES string of the molecule is O=C1O[C@H]2CN(c3nc4ccccc4o3)C[C@H]2N1CCc1cccc(Cl)c1. The Morgan fingerprint density at radius 1 is 1.15 bits per heavy atom. The number of benzene rings is 2. The summed E-state index contributed by atoms with van der Waals surface area (Å²) in [5.41, 5.74) is 2.70. The minimum absolute atomic E-state index is 0.00620. The zero-order valence-corrected chi connectivity index (χ0v) is 15.3. The van der Waals surface area contributed by atoms with Crippen LogP contribution in [0.2, 0.25) is 5.02 Å². The number of ether oxygens (including phenoxy) is 1. The van der Waals surface area contributed by atoms with Crippen molar-refractivity contribution in [3.63, 3.8) is 0 Å². The van der Waals surface area contributed by atoms with E-state index in [2.05, 4.69) is 4.98 Å². The quantitative estimate of drug-likeness (QED) is 0.687. The molecule has 0 bridgehead atoms. The van der Waals surface area contributed by atoms with Gasteiger partial charge in [0.15, 0.2) is 5.58 Å². The van der Waals surface area contributed by atoms with Crippen LogP contribution in [0.1, 0.15) is 5.56 Å². The van der Waals surface area contributed by atoms with E-state index in [4.69, 9.17) is 20.8 Å². The molecule has 1 amide bonds. The molecule has 0 aliphatic carbocycles. The second kappa shape index (κ2) is 6.46. The van der Waals surface area contributed by atoms with Gasteiger partial charge in [0.25, 0.3) is 6.01 Å².